The molecule has 0 spiro atoms. The van der Waals surface area contributed by atoms with Crippen LogP contribution in [0.2, 0.25) is 0 Å². The highest BCUT2D eigenvalue weighted by atomic mass is 32.2. The molecule has 0 atom stereocenters. The highest BCUT2D eigenvalue weighted by Crippen LogP contribution is 2.28. The Morgan fingerprint density at radius 1 is 1.03 bits per heavy atom. The van der Waals surface area contributed by atoms with E-state index in [0.717, 1.165) is 50.5 Å². The first-order valence-corrected chi connectivity index (χ1v) is 14.0. The Bertz CT molecular complexity index is 989. The summed E-state index contributed by atoms with van der Waals surface area (Å²) < 4.78 is 26.5. The Balaban J connectivity index is 1.44. The van der Waals surface area contributed by atoms with E-state index < -0.39 is 10.0 Å². The Labute approximate surface area is 196 Å². The molecule has 2 aromatic carbocycles. The van der Waals surface area contributed by atoms with E-state index in [1.165, 1.54) is 17.4 Å². The molecule has 0 unspecified atom stereocenters. The number of carbonyl (C=O) groups is 1. The number of rotatable bonds is 11. The van der Waals surface area contributed by atoms with E-state index in [1.807, 2.05) is 18.4 Å². The van der Waals surface area contributed by atoms with E-state index in [4.69, 9.17) is 0 Å². The van der Waals surface area contributed by atoms with Crippen molar-refractivity contribution in [1.29, 1.82) is 0 Å². The average Bonchev–Trinajstić information content (AvgIpc) is 2.82. The van der Waals surface area contributed by atoms with Gasteiger partial charge in [0.05, 0.1) is 11.4 Å². The predicted octanol–water partition coefficient (Wildman–Crippen LogP) is 4.35. The van der Waals surface area contributed by atoms with Gasteiger partial charge in [-0.25, -0.2) is 8.42 Å². The fourth-order valence-corrected chi connectivity index (χ4v) is 5.08. The number of sulfonamides is 1. The average molecular weight is 476 g/mol. The molecule has 0 radical (unpaired) electrons. The van der Waals surface area contributed by atoms with E-state index >= 15 is 0 Å². The minimum Gasteiger partial charge on any atom is -0.369 e. The van der Waals surface area contributed by atoms with E-state index in [0.29, 0.717) is 17.7 Å². The number of anilines is 2. The minimum atomic E-state index is -3.39. The van der Waals surface area contributed by atoms with Gasteiger partial charge in [-0.3, -0.25) is 14.4 Å². The number of hydrogen-bond acceptors (Lipinski definition) is 6. The number of Topliss-reactive ketones (excluding diaryl/α,β-unsaturated/α-hetero) is 1. The van der Waals surface area contributed by atoms with Crippen molar-refractivity contribution in [3.63, 3.8) is 0 Å². The van der Waals surface area contributed by atoms with Crippen molar-refractivity contribution in [2.45, 2.75) is 31.1 Å². The third-order valence-electron chi connectivity index (χ3n) is 5.79. The van der Waals surface area contributed by atoms with Gasteiger partial charge < -0.3 is 4.90 Å². The standard InChI is InChI=1S/C24H33N3O3S2/c1-3-32(29,30)25-22-19-20(12-13-24(22)31-2)23(28)11-7-8-14-26-15-17-27(18-16-26)21-9-5-4-6-10-21/h4-6,9-10,12-13,19,25H,3,7-8,11,14-18H2,1-2H3. The number of para-hydroxylation sites is 1. The zero-order valence-corrected chi connectivity index (χ0v) is 20.6. The van der Waals surface area contributed by atoms with Gasteiger partial charge in [0.2, 0.25) is 10.0 Å². The van der Waals surface area contributed by atoms with Crippen LogP contribution in [0.4, 0.5) is 11.4 Å². The molecule has 1 N–H and O–H groups in total. The normalized spacial score (nSPS) is 15.0. The highest BCUT2D eigenvalue weighted by molar-refractivity contribution is 7.99. The smallest absolute Gasteiger partial charge is 0.232 e. The Morgan fingerprint density at radius 3 is 2.41 bits per heavy atom. The zero-order valence-electron chi connectivity index (χ0n) is 18.9. The summed E-state index contributed by atoms with van der Waals surface area (Å²) in [6.07, 6.45) is 4.18. The summed E-state index contributed by atoms with van der Waals surface area (Å²) >= 11 is 1.46. The number of piperazine rings is 1. The molecule has 0 amide bonds. The molecule has 2 aromatic rings. The summed E-state index contributed by atoms with van der Waals surface area (Å²) in [5.74, 6) is 0.0574. The first-order chi connectivity index (χ1) is 15.4. The monoisotopic (exact) mass is 475 g/mol. The van der Waals surface area contributed by atoms with Gasteiger partial charge in [-0.2, -0.15) is 0 Å². The number of nitrogens with zero attached hydrogens (tertiary/aromatic N) is 2. The molecular formula is C24H33N3O3S2. The van der Waals surface area contributed by atoms with Crippen LogP contribution in [0.25, 0.3) is 0 Å². The molecule has 8 heteroatoms. The van der Waals surface area contributed by atoms with Gasteiger partial charge in [-0.1, -0.05) is 24.3 Å². The summed E-state index contributed by atoms with van der Waals surface area (Å²) in [7, 11) is -3.39. The SMILES string of the molecule is CCS(=O)(=O)Nc1cc(C(=O)CCCCN2CCN(c3ccccc3)CC2)ccc1SC. The van der Waals surface area contributed by atoms with Gasteiger partial charge in [0.15, 0.2) is 5.78 Å². The lowest BCUT2D eigenvalue weighted by Gasteiger charge is -2.36. The van der Waals surface area contributed by atoms with Crippen LogP contribution in [0.1, 0.15) is 36.5 Å². The minimum absolute atomic E-state index is 0.00139. The third-order valence-corrected chi connectivity index (χ3v) is 7.88. The molecule has 32 heavy (non-hydrogen) atoms. The number of benzene rings is 2. The first kappa shape index (κ1) is 24.6. The summed E-state index contributed by atoms with van der Waals surface area (Å²) in [5.41, 5.74) is 2.33. The Morgan fingerprint density at radius 2 is 1.75 bits per heavy atom. The lowest BCUT2D eigenvalue weighted by atomic mass is 10.0. The quantitative estimate of drug-likeness (QED) is 0.296. The van der Waals surface area contributed by atoms with Crippen LogP contribution in [0.3, 0.4) is 0 Å². The molecule has 3 rings (SSSR count). The van der Waals surface area contributed by atoms with Crippen molar-refractivity contribution in [3.8, 4) is 0 Å². The summed E-state index contributed by atoms with van der Waals surface area (Å²) in [4.78, 5) is 18.4. The van der Waals surface area contributed by atoms with Gasteiger partial charge in [-0.15, -0.1) is 11.8 Å². The van der Waals surface area contributed by atoms with E-state index in [1.54, 1.807) is 19.1 Å². The number of thioether (sulfide) groups is 1. The summed E-state index contributed by atoms with van der Waals surface area (Å²) in [6.45, 7) is 6.74. The van der Waals surface area contributed by atoms with Crippen molar-refractivity contribution >= 4 is 38.9 Å². The van der Waals surface area contributed by atoms with Crippen LogP contribution in [-0.4, -0.2) is 63.8 Å². The molecule has 1 aliphatic rings. The zero-order chi connectivity index (χ0) is 23.0. The number of hydrogen-bond donors (Lipinski definition) is 1. The molecule has 174 valence electrons. The molecule has 1 aliphatic heterocycles. The topological polar surface area (TPSA) is 69.7 Å². The second-order valence-electron chi connectivity index (χ2n) is 7.97. The van der Waals surface area contributed by atoms with Gasteiger partial charge in [0, 0.05) is 48.7 Å². The van der Waals surface area contributed by atoms with E-state index in [9.17, 15) is 13.2 Å². The van der Waals surface area contributed by atoms with Gasteiger partial charge >= 0.3 is 0 Å². The number of carbonyl (C=O) groups excluding carboxylic acids is 1. The maximum Gasteiger partial charge on any atom is 0.232 e. The number of ketones is 1. The molecule has 0 aromatic heterocycles. The van der Waals surface area contributed by atoms with Gasteiger partial charge in [0.25, 0.3) is 0 Å². The maximum absolute atomic E-state index is 12.7. The molecule has 0 bridgehead atoms. The van der Waals surface area contributed by atoms with Gasteiger partial charge in [0.1, 0.15) is 0 Å². The van der Waals surface area contributed by atoms with Gasteiger partial charge in [-0.05, 0) is 56.8 Å². The molecular weight excluding hydrogens is 442 g/mol. The van der Waals surface area contributed by atoms with Crippen molar-refractivity contribution in [2.24, 2.45) is 0 Å². The Hall–Kier alpha value is -2.03. The summed E-state index contributed by atoms with van der Waals surface area (Å²) in [5, 5.41) is 0. The first-order valence-electron chi connectivity index (χ1n) is 11.2. The second-order valence-corrected chi connectivity index (χ2v) is 10.8. The fourth-order valence-electron chi connectivity index (χ4n) is 3.83. The van der Waals surface area contributed by atoms with Crippen molar-refractivity contribution < 1.29 is 13.2 Å². The fraction of sp³-hybridized carbons (Fsp3) is 0.458. The van der Waals surface area contributed by atoms with Crippen LogP contribution in [0.5, 0.6) is 0 Å². The third kappa shape index (κ3) is 6.98. The van der Waals surface area contributed by atoms with Crippen LogP contribution >= 0.6 is 11.8 Å². The predicted molar refractivity (Wildman–Crippen MR) is 135 cm³/mol. The molecule has 1 fully saturated rings. The van der Waals surface area contributed by atoms with Crippen LogP contribution in [-0.2, 0) is 10.0 Å². The van der Waals surface area contributed by atoms with Crippen molar-refractivity contribution in [2.75, 3.05) is 54.4 Å². The highest BCUT2D eigenvalue weighted by Gasteiger charge is 2.17. The molecule has 1 saturated heterocycles. The van der Waals surface area contributed by atoms with Crippen LogP contribution in [0, 0.1) is 0 Å². The maximum atomic E-state index is 12.7. The Kier molecular flexibility index (Phi) is 9.02. The lowest BCUT2D eigenvalue weighted by molar-refractivity contribution is 0.0977. The molecule has 0 saturated carbocycles. The summed E-state index contributed by atoms with van der Waals surface area (Å²) in [6, 6.07) is 15.8. The molecule has 1 heterocycles. The van der Waals surface area contributed by atoms with Crippen molar-refractivity contribution in [3.05, 3.63) is 54.1 Å². The molecule has 6 nitrogen and oxygen atoms in total. The largest absolute Gasteiger partial charge is 0.369 e. The number of nitrogens with one attached hydrogen (secondary N) is 1. The van der Waals surface area contributed by atoms with E-state index in [2.05, 4.69) is 38.8 Å². The van der Waals surface area contributed by atoms with E-state index in [-0.39, 0.29) is 11.5 Å². The second kappa shape index (κ2) is 11.7. The number of unbranched alkanes of at least 4 members (excludes halogenated alkanes) is 1. The lowest BCUT2D eigenvalue weighted by Crippen LogP contribution is -2.46. The van der Waals surface area contributed by atoms with Crippen molar-refractivity contribution in [1.82, 2.24) is 4.90 Å². The molecule has 0 aliphatic carbocycles. The van der Waals surface area contributed by atoms with Crippen LogP contribution in [0.15, 0.2) is 53.4 Å². The van der Waals surface area contributed by atoms with Crippen LogP contribution < -0.4 is 9.62 Å².